The van der Waals surface area contributed by atoms with Crippen LogP contribution in [0.3, 0.4) is 0 Å². The van der Waals surface area contributed by atoms with Crippen molar-refractivity contribution in [3.05, 3.63) is 111 Å². The SMILES string of the molecule is NS(=O)(=O)c1ccc(C(=O)N2CCC3=C(CCN(C(=O)OCc4ccc(OC(F)(F)F)cc4)C3)C2)c(F)c1.NS(=O)(=O)c1ccc(C(=O)N2CCC3=C(CCNC3)C2)c(F)c1. The molecule has 0 saturated carbocycles. The molecule has 328 valence electrons. The Morgan fingerprint density at radius 3 is 1.59 bits per heavy atom. The van der Waals surface area contributed by atoms with Crippen molar-refractivity contribution in [1.29, 1.82) is 0 Å². The molecule has 15 nitrogen and oxygen atoms in total. The largest absolute Gasteiger partial charge is 0.573 e. The Morgan fingerprint density at radius 1 is 0.656 bits per heavy atom. The molecule has 4 aliphatic heterocycles. The first-order chi connectivity index (χ1) is 28.7. The van der Waals surface area contributed by atoms with Gasteiger partial charge >= 0.3 is 12.5 Å². The van der Waals surface area contributed by atoms with Gasteiger partial charge in [0.15, 0.2) is 0 Å². The number of hydrogen-bond donors (Lipinski definition) is 3. The molecule has 3 aromatic carbocycles. The number of halogens is 5. The van der Waals surface area contributed by atoms with Gasteiger partial charge in [-0.25, -0.2) is 40.7 Å². The smallest absolute Gasteiger partial charge is 0.445 e. The molecule has 0 fully saturated rings. The van der Waals surface area contributed by atoms with Crippen molar-refractivity contribution in [3.8, 4) is 5.75 Å². The molecule has 4 aliphatic rings. The monoisotopic (exact) mass is 896 g/mol. The van der Waals surface area contributed by atoms with Crippen molar-refractivity contribution in [2.75, 3.05) is 52.4 Å². The van der Waals surface area contributed by atoms with Gasteiger partial charge < -0.3 is 29.5 Å². The van der Waals surface area contributed by atoms with Crippen molar-refractivity contribution in [2.24, 2.45) is 10.3 Å². The zero-order valence-corrected chi connectivity index (χ0v) is 34.0. The molecule has 3 aromatic rings. The summed E-state index contributed by atoms with van der Waals surface area (Å²) >= 11 is 0. The molecule has 5 N–H and O–H groups in total. The van der Waals surface area contributed by atoms with E-state index in [1.54, 1.807) is 4.90 Å². The number of nitrogens with one attached hydrogen (secondary N) is 1. The second-order valence-electron chi connectivity index (χ2n) is 14.6. The lowest BCUT2D eigenvalue weighted by Gasteiger charge is -2.37. The maximum Gasteiger partial charge on any atom is 0.573 e. The van der Waals surface area contributed by atoms with Crippen molar-refractivity contribution in [2.45, 2.75) is 48.4 Å². The van der Waals surface area contributed by atoms with Gasteiger partial charge in [0.05, 0.1) is 20.9 Å². The fourth-order valence-electron chi connectivity index (χ4n) is 7.27. The Morgan fingerprint density at radius 2 is 1.11 bits per heavy atom. The van der Waals surface area contributed by atoms with E-state index in [4.69, 9.17) is 15.0 Å². The van der Waals surface area contributed by atoms with E-state index in [2.05, 4.69) is 10.1 Å². The third-order valence-electron chi connectivity index (χ3n) is 10.5. The summed E-state index contributed by atoms with van der Waals surface area (Å²) in [5, 5.41) is 13.3. The fraction of sp³-hybridized carbons (Fsp3) is 0.359. The Balaban J connectivity index is 0.000000230. The van der Waals surface area contributed by atoms with Gasteiger partial charge in [-0.3, -0.25) is 9.59 Å². The Kier molecular flexibility index (Phi) is 13.5. The number of sulfonamides is 2. The first kappa shape index (κ1) is 45.1. The highest BCUT2D eigenvalue weighted by molar-refractivity contribution is 7.89. The number of amides is 3. The lowest BCUT2D eigenvalue weighted by atomic mass is 9.93. The van der Waals surface area contributed by atoms with Crippen LogP contribution in [0.1, 0.15) is 52.0 Å². The molecule has 7 rings (SSSR count). The zero-order valence-electron chi connectivity index (χ0n) is 32.3. The number of primary sulfonamides is 2. The van der Waals surface area contributed by atoms with E-state index in [1.165, 1.54) is 39.1 Å². The molecule has 0 radical (unpaired) electrons. The minimum atomic E-state index is -4.79. The van der Waals surface area contributed by atoms with Crippen molar-refractivity contribution < 1.29 is 62.6 Å². The van der Waals surface area contributed by atoms with E-state index in [-0.39, 0.29) is 41.5 Å². The summed E-state index contributed by atoms with van der Waals surface area (Å²) in [4.78, 5) is 41.8. The number of carbonyl (C=O) groups excluding carboxylic acids is 3. The van der Waals surface area contributed by atoms with Gasteiger partial charge in [0, 0.05) is 45.8 Å². The molecular weight excluding hydrogens is 856 g/mol. The van der Waals surface area contributed by atoms with Crippen LogP contribution in [-0.4, -0.2) is 108 Å². The molecule has 0 atom stereocenters. The molecule has 0 unspecified atom stereocenters. The summed E-state index contributed by atoms with van der Waals surface area (Å²) in [6.07, 6.45) is -2.76. The van der Waals surface area contributed by atoms with Crippen LogP contribution < -0.4 is 20.3 Å². The molecule has 0 aromatic heterocycles. The van der Waals surface area contributed by atoms with Crippen LogP contribution in [-0.2, 0) is 31.4 Å². The second-order valence-corrected chi connectivity index (χ2v) is 17.7. The van der Waals surface area contributed by atoms with Gasteiger partial charge in [-0.05, 0) is 103 Å². The van der Waals surface area contributed by atoms with E-state index < -0.39 is 60.8 Å². The van der Waals surface area contributed by atoms with Crippen LogP contribution in [0.15, 0.2) is 92.7 Å². The standard InChI is InChI=1S/C24H23F4N3O6S.C15H18FN3O3S/c25-21-11-19(38(29,34)35)5-6-20(21)22(32)30-9-7-17-13-31(10-8-16(17)12-30)23(33)36-14-15-1-3-18(4-2-15)37-24(26,27)28;16-14-7-12(23(17,21)22)1-2-13(14)15(20)19-6-4-10-8-18-5-3-11(10)9-19/h1-6,11H,7-10,12-14H2,(H2,29,34,35);1-2,7,18H,3-6,8-9H2,(H2,17,21,22). The van der Waals surface area contributed by atoms with Crippen LogP contribution in [0.4, 0.5) is 26.7 Å². The molecule has 0 saturated heterocycles. The van der Waals surface area contributed by atoms with Crippen LogP contribution >= 0.6 is 0 Å². The lowest BCUT2D eigenvalue weighted by Crippen LogP contribution is -2.44. The van der Waals surface area contributed by atoms with E-state index in [0.29, 0.717) is 50.7 Å². The van der Waals surface area contributed by atoms with E-state index in [9.17, 15) is 53.2 Å². The average Bonchev–Trinajstić information content (AvgIpc) is 3.21. The van der Waals surface area contributed by atoms with E-state index in [1.807, 2.05) is 0 Å². The van der Waals surface area contributed by atoms with Crippen molar-refractivity contribution in [1.82, 2.24) is 20.0 Å². The van der Waals surface area contributed by atoms with Gasteiger partial charge in [-0.1, -0.05) is 17.7 Å². The molecule has 0 aliphatic carbocycles. The van der Waals surface area contributed by atoms with Gasteiger partial charge in [0.2, 0.25) is 20.0 Å². The highest BCUT2D eigenvalue weighted by Gasteiger charge is 2.33. The van der Waals surface area contributed by atoms with Crippen LogP contribution in [0, 0.1) is 11.6 Å². The van der Waals surface area contributed by atoms with Gasteiger partial charge in [-0.2, -0.15) is 0 Å². The molecule has 4 heterocycles. The molecule has 61 heavy (non-hydrogen) atoms. The van der Waals surface area contributed by atoms with Crippen LogP contribution in [0.5, 0.6) is 5.75 Å². The predicted octanol–water partition coefficient (Wildman–Crippen LogP) is 4.17. The zero-order chi connectivity index (χ0) is 44.3. The summed E-state index contributed by atoms with van der Waals surface area (Å²) in [5.74, 6) is -3.23. The Bertz CT molecular complexity index is 2500. The van der Waals surface area contributed by atoms with E-state index >= 15 is 0 Å². The van der Waals surface area contributed by atoms with Crippen molar-refractivity contribution in [3.63, 3.8) is 0 Å². The minimum absolute atomic E-state index is 0.129. The van der Waals surface area contributed by atoms with Crippen LogP contribution in [0.25, 0.3) is 0 Å². The number of benzene rings is 3. The maximum atomic E-state index is 14.5. The summed E-state index contributed by atoms with van der Waals surface area (Å²) in [6, 6.07) is 11.0. The third kappa shape index (κ3) is 11.5. The number of carbonyl (C=O) groups is 3. The average molecular weight is 897 g/mol. The van der Waals surface area contributed by atoms with Crippen LogP contribution in [0.2, 0.25) is 0 Å². The normalized spacial score (nSPS) is 17.2. The van der Waals surface area contributed by atoms with Gasteiger partial charge in [-0.15, -0.1) is 13.2 Å². The number of alkyl halides is 3. The topological polar surface area (TPSA) is 212 Å². The summed E-state index contributed by atoms with van der Waals surface area (Å²) in [5.41, 5.74) is 4.60. The number of ether oxygens (including phenoxy) is 2. The summed E-state index contributed by atoms with van der Waals surface area (Å²) in [6.45, 7) is 3.81. The van der Waals surface area contributed by atoms with Crippen molar-refractivity contribution >= 4 is 38.0 Å². The third-order valence-corrected chi connectivity index (χ3v) is 12.3. The molecule has 0 bridgehead atoms. The minimum Gasteiger partial charge on any atom is -0.445 e. The quantitative estimate of drug-likeness (QED) is 0.228. The number of hydrogen-bond acceptors (Lipinski definition) is 10. The van der Waals surface area contributed by atoms with E-state index in [0.717, 1.165) is 73.5 Å². The van der Waals surface area contributed by atoms with Gasteiger partial charge in [0.25, 0.3) is 11.8 Å². The highest BCUT2D eigenvalue weighted by atomic mass is 32.2. The fourth-order valence-corrected chi connectivity index (χ4v) is 8.32. The molecule has 0 spiro atoms. The maximum absolute atomic E-state index is 14.5. The summed E-state index contributed by atoms with van der Waals surface area (Å²) in [7, 11) is -8.09. The molecule has 22 heteroatoms. The second kappa shape index (κ2) is 18.3. The predicted molar refractivity (Wildman–Crippen MR) is 208 cm³/mol. The van der Waals surface area contributed by atoms with Gasteiger partial charge in [0.1, 0.15) is 24.0 Å². The summed E-state index contributed by atoms with van der Waals surface area (Å²) < 4.78 is 120. The lowest BCUT2D eigenvalue weighted by molar-refractivity contribution is -0.274. The first-order valence-corrected chi connectivity index (χ1v) is 21.9. The number of nitrogens with two attached hydrogens (primary N) is 2. The Labute approximate surface area is 347 Å². The first-order valence-electron chi connectivity index (χ1n) is 18.8. The number of rotatable bonds is 7. The molecule has 3 amide bonds. The molecular formula is C39H41F5N6O9S2. The Hall–Kier alpha value is -5.42. The number of nitrogens with zero attached hydrogens (tertiary/aromatic N) is 3. The highest BCUT2D eigenvalue weighted by Crippen LogP contribution is 2.29.